The summed E-state index contributed by atoms with van der Waals surface area (Å²) in [6.45, 7) is 2.88. The van der Waals surface area contributed by atoms with Gasteiger partial charge in [0.25, 0.3) is 11.5 Å². The number of pyridine rings is 1. The first kappa shape index (κ1) is 21.7. The normalized spacial score (nSPS) is 14.0. The van der Waals surface area contributed by atoms with E-state index in [1.165, 1.54) is 10.6 Å². The molecule has 1 aliphatic heterocycles. The second-order valence-corrected chi connectivity index (χ2v) is 8.14. The van der Waals surface area contributed by atoms with Crippen molar-refractivity contribution in [2.75, 3.05) is 31.1 Å². The van der Waals surface area contributed by atoms with E-state index in [1.807, 2.05) is 47.4 Å². The summed E-state index contributed by atoms with van der Waals surface area (Å²) < 4.78 is 1.52. The summed E-state index contributed by atoms with van der Waals surface area (Å²) in [6.07, 6.45) is 2.41. The summed E-state index contributed by atoms with van der Waals surface area (Å²) in [7, 11) is 0. The van der Waals surface area contributed by atoms with Crippen LogP contribution in [0, 0.1) is 11.3 Å². The van der Waals surface area contributed by atoms with E-state index in [1.54, 1.807) is 18.3 Å². The lowest BCUT2D eigenvalue weighted by atomic mass is 10.1. The number of aromatic nitrogens is 1. The quantitative estimate of drug-likeness (QED) is 0.611. The van der Waals surface area contributed by atoms with Gasteiger partial charge in [0.05, 0.1) is 23.4 Å². The highest BCUT2D eigenvalue weighted by atomic mass is 35.5. The van der Waals surface area contributed by atoms with Crippen molar-refractivity contribution in [3.05, 3.63) is 98.9 Å². The van der Waals surface area contributed by atoms with E-state index in [4.69, 9.17) is 11.6 Å². The van der Waals surface area contributed by atoms with Gasteiger partial charge in [0.1, 0.15) is 6.07 Å². The minimum atomic E-state index is -0.184. The van der Waals surface area contributed by atoms with Crippen LogP contribution in [0.25, 0.3) is 0 Å². The molecule has 1 fully saturated rings. The Labute approximate surface area is 191 Å². The van der Waals surface area contributed by atoms with Crippen LogP contribution < -0.4 is 10.5 Å². The van der Waals surface area contributed by atoms with Gasteiger partial charge in [-0.1, -0.05) is 41.9 Å². The predicted molar refractivity (Wildman–Crippen MR) is 125 cm³/mol. The lowest BCUT2D eigenvalue weighted by Crippen LogP contribution is -2.36. The maximum absolute atomic E-state index is 13.2. The molecule has 0 saturated carbocycles. The molecule has 1 saturated heterocycles. The molecular formula is C25H23ClN4O2. The van der Waals surface area contributed by atoms with Gasteiger partial charge in [-0.15, -0.1) is 0 Å². The molecule has 1 aromatic heterocycles. The fraction of sp³-hybridized carbons (Fsp3) is 0.240. The largest absolute Gasteiger partial charge is 0.369 e. The smallest absolute Gasteiger partial charge is 0.255 e. The van der Waals surface area contributed by atoms with Gasteiger partial charge in [0.15, 0.2) is 0 Å². The zero-order valence-corrected chi connectivity index (χ0v) is 18.3. The third kappa shape index (κ3) is 4.68. The topological polar surface area (TPSA) is 69.3 Å². The van der Waals surface area contributed by atoms with Crippen molar-refractivity contribution in [2.45, 2.75) is 13.0 Å². The molecule has 0 bridgehead atoms. The van der Waals surface area contributed by atoms with E-state index in [9.17, 15) is 14.9 Å². The Hall–Kier alpha value is -3.56. The summed E-state index contributed by atoms with van der Waals surface area (Å²) in [6, 6.07) is 20.1. The third-order valence-electron chi connectivity index (χ3n) is 5.68. The van der Waals surface area contributed by atoms with Gasteiger partial charge in [-0.2, -0.15) is 5.26 Å². The van der Waals surface area contributed by atoms with Crippen molar-refractivity contribution in [3.63, 3.8) is 0 Å². The number of rotatable bonds is 4. The summed E-state index contributed by atoms with van der Waals surface area (Å²) in [5.41, 5.74) is 2.65. The first-order valence-corrected chi connectivity index (χ1v) is 10.9. The average Bonchev–Trinajstić information content (AvgIpc) is 3.07. The van der Waals surface area contributed by atoms with Gasteiger partial charge in [-0.25, -0.2) is 0 Å². The van der Waals surface area contributed by atoms with Crippen LogP contribution in [0.15, 0.2) is 71.7 Å². The van der Waals surface area contributed by atoms with Crippen molar-refractivity contribution in [1.29, 1.82) is 5.26 Å². The van der Waals surface area contributed by atoms with Crippen molar-refractivity contribution in [3.8, 4) is 6.07 Å². The number of carbonyl (C=O) groups excluding carboxylic acids is 1. The van der Waals surface area contributed by atoms with Gasteiger partial charge in [0.2, 0.25) is 0 Å². The molecule has 4 rings (SSSR count). The van der Waals surface area contributed by atoms with Crippen molar-refractivity contribution >= 4 is 23.2 Å². The highest BCUT2D eigenvalue weighted by Crippen LogP contribution is 2.22. The first-order valence-electron chi connectivity index (χ1n) is 10.5. The van der Waals surface area contributed by atoms with Crippen molar-refractivity contribution in [2.24, 2.45) is 0 Å². The van der Waals surface area contributed by atoms with Crippen LogP contribution in [-0.4, -0.2) is 41.6 Å². The van der Waals surface area contributed by atoms with Crippen LogP contribution in [0.1, 0.15) is 27.9 Å². The molecule has 7 heteroatoms. The lowest BCUT2D eigenvalue weighted by molar-refractivity contribution is 0.0766. The van der Waals surface area contributed by atoms with E-state index in [0.717, 1.165) is 24.2 Å². The maximum Gasteiger partial charge on any atom is 0.255 e. The van der Waals surface area contributed by atoms with E-state index in [0.29, 0.717) is 42.3 Å². The lowest BCUT2D eigenvalue weighted by Gasteiger charge is -2.24. The molecule has 2 heterocycles. The number of hydrogen-bond acceptors (Lipinski definition) is 4. The van der Waals surface area contributed by atoms with Gasteiger partial charge in [-0.3, -0.25) is 9.59 Å². The summed E-state index contributed by atoms with van der Waals surface area (Å²) in [5.74, 6) is -0.103. The molecule has 0 atom stereocenters. The molecule has 0 spiro atoms. The number of benzene rings is 2. The number of amides is 1. The van der Waals surface area contributed by atoms with E-state index >= 15 is 0 Å². The Morgan fingerprint density at radius 2 is 1.75 bits per heavy atom. The second kappa shape index (κ2) is 9.71. The van der Waals surface area contributed by atoms with Gasteiger partial charge < -0.3 is 14.4 Å². The van der Waals surface area contributed by atoms with Gasteiger partial charge in [0, 0.05) is 43.5 Å². The zero-order valence-electron chi connectivity index (χ0n) is 17.6. The van der Waals surface area contributed by atoms with Crippen LogP contribution in [0.5, 0.6) is 0 Å². The number of anilines is 1. The highest BCUT2D eigenvalue weighted by Gasteiger charge is 2.22. The molecule has 6 nitrogen and oxygen atoms in total. The minimum Gasteiger partial charge on any atom is -0.369 e. The second-order valence-electron chi connectivity index (χ2n) is 7.74. The van der Waals surface area contributed by atoms with E-state index in [-0.39, 0.29) is 11.5 Å². The molecular weight excluding hydrogens is 424 g/mol. The molecule has 0 radical (unpaired) electrons. The van der Waals surface area contributed by atoms with Crippen molar-refractivity contribution < 1.29 is 4.79 Å². The molecule has 32 heavy (non-hydrogen) atoms. The number of halogens is 1. The molecule has 162 valence electrons. The van der Waals surface area contributed by atoms with Crippen LogP contribution >= 0.6 is 11.6 Å². The monoisotopic (exact) mass is 446 g/mol. The Morgan fingerprint density at radius 3 is 2.56 bits per heavy atom. The average molecular weight is 447 g/mol. The van der Waals surface area contributed by atoms with Crippen molar-refractivity contribution in [1.82, 2.24) is 9.47 Å². The van der Waals surface area contributed by atoms with Gasteiger partial charge >= 0.3 is 0 Å². The van der Waals surface area contributed by atoms with Crippen LogP contribution in [0.2, 0.25) is 5.02 Å². The Kier molecular flexibility index (Phi) is 6.58. The summed E-state index contributed by atoms with van der Waals surface area (Å²) in [4.78, 5) is 29.5. The summed E-state index contributed by atoms with van der Waals surface area (Å²) in [5, 5.41) is 9.99. The Morgan fingerprint density at radius 1 is 0.969 bits per heavy atom. The third-order valence-corrected chi connectivity index (χ3v) is 6.05. The molecule has 2 aromatic carbocycles. The number of hydrogen-bond donors (Lipinski definition) is 0. The molecule has 0 aliphatic carbocycles. The molecule has 1 aliphatic rings. The fourth-order valence-corrected chi connectivity index (χ4v) is 4.18. The number of nitrogens with zero attached hydrogens (tertiary/aromatic N) is 4. The van der Waals surface area contributed by atoms with Crippen LogP contribution in [0.3, 0.4) is 0 Å². The number of carbonyl (C=O) groups is 1. The number of para-hydroxylation sites is 1. The van der Waals surface area contributed by atoms with E-state index < -0.39 is 0 Å². The zero-order chi connectivity index (χ0) is 22.5. The maximum atomic E-state index is 13.2. The highest BCUT2D eigenvalue weighted by molar-refractivity contribution is 6.31. The van der Waals surface area contributed by atoms with Gasteiger partial charge in [-0.05, 0) is 36.2 Å². The molecule has 1 amide bonds. The predicted octanol–water partition coefficient (Wildman–Crippen LogP) is 3.77. The first-order chi connectivity index (χ1) is 15.6. The number of nitriles is 1. The Bertz CT molecular complexity index is 1230. The SMILES string of the molecule is N#Cc1ccccc1N1CCCN(C(=O)c2ccc(=O)n(Cc3ccccc3Cl)c2)CC1. The van der Waals surface area contributed by atoms with E-state index in [2.05, 4.69) is 11.0 Å². The minimum absolute atomic E-state index is 0.103. The van der Waals surface area contributed by atoms with Crippen LogP contribution in [0.4, 0.5) is 5.69 Å². The standard InChI is InChI=1S/C25H23ClN4O2/c26-22-8-3-1-7-20(22)17-30-18-21(10-11-24(30)31)25(32)29-13-5-12-28(14-15-29)23-9-4-2-6-19(23)16-27/h1-4,6-11,18H,5,12-15,17H2. The Balaban J connectivity index is 1.50. The summed E-state index contributed by atoms with van der Waals surface area (Å²) >= 11 is 6.24. The fourth-order valence-electron chi connectivity index (χ4n) is 3.98. The molecule has 0 unspecified atom stereocenters. The van der Waals surface area contributed by atoms with Crippen LogP contribution in [-0.2, 0) is 6.54 Å². The molecule has 0 N–H and O–H groups in total. The molecule has 3 aromatic rings.